The molecule has 1 aromatic rings. The van der Waals surface area contributed by atoms with Crippen LogP contribution in [-0.4, -0.2) is 18.7 Å². The number of hydrogen-bond donors (Lipinski definition) is 1. The zero-order valence-electron chi connectivity index (χ0n) is 12.6. The average Bonchev–Trinajstić information content (AvgIpc) is 2.25. The normalized spacial score (nSPS) is 11.9. The second-order valence-electron chi connectivity index (χ2n) is 5.84. The molecular formula is C16H27NO. The van der Waals surface area contributed by atoms with Crippen molar-refractivity contribution in [2.75, 3.05) is 13.1 Å². The van der Waals surface area contributed by atoms with Crippen LogP contribution in [0.5, 0.6) is 5.75 Å². The molecule has 0 aliphatic rings. The van der Waals surface area contributed by atoms with Crippen LogP contribution in [0.4, 0.5) is 0 Å². The fourth-order valence-corrected chi connectivity index (χ4v) is 1.97. The van der Waals surface area contributed by atoms with Crippen molar-refractivity contribution < 1.29 is 4.74 Å². The lowest BCUT2D eigenvalue weighted by Crippen LogP contribution is -2.40. The number of benzene rings is 1. The average molecular weight is 249 g/mol. The van der Waals surface area contributed by atoms with Crippen LogP contribution in [0, 0.1) is 6.92 Å². The summed E-state index contributed by atoms with van der Waals surface area (Å²) in [6.07, 6.45) is 0. The van der Waals surface area contributed by atoms with Gasteiger partial charge >= 0.3 is 0 Å². The summed E-state index contributed by atoms with van der Waals surface area (Å²) in [7, 11) is 0. The van der Waals surface area contributed by atoms with Gasteiger partial charge in [0.25, 0.3) is 0 Å². The van der Waals surface area contributed by atoms with Crippen LogP contribution >= 0.6 is 0 Å². The molecule has 0 amide bonds. The Bertz CT molecular complexity index is 383. The third kappa shape index (κ3) is 4.34. The molecule has 18 heavy (non-hydrogen) atoms. The molecule has 0 radical (unpaired) electrons. The van der Waals surface area contributed by atoms with Crippen molar-refractivity contribution in [1.29, 1.82) is 0 Å². The van der Waals surface area contributed by atoms with Crippen LogP contribution in [0.2, 0.25) is 0 Å². The fourth-order valence-electron chi connectivity index (χ4n) is 1.97. The predicted molar refractivity (Wildman–Crippen MR) is 78.5 cm³/mol. The van der Waals surface area contributed by atoms with Crippen LogP contribution in [0.3, 0.4) is 0 Å². The van der Waals surface area contributed by atoms with E-state index in [1.165, 1.54) is 11.1 Å². The highest BCUT2D eigenvalue weighted by molar-refractivity contribution is 5.39. The van der Waals surface area contributed by atoms with Gasteiger partial charge in [-0.05, 0) is 50.4 Å². The summed E-state index contributed by atoms with van der Waals surface area (Å²) >= 11 is 0. The van der Waals surface area contributed by atoms with Gasteiger partial charge < -0.3 is 10.1 Å². The molecule has 2 nitrogen and oxygen atoms in total. The van der Waals surface area contributed by atoms with E-state index in [1.807, 2.05) is 0 Å². The highest BCUT2D eigenvalue weighted by atomic mass is 16.5. The van der Waals surface area contributed by atoms with E-state index >= 15 is 0 Å². The molecular weight excluding hydrogens is 222 g/mol. The minimum atomic E-state index is -0.187. The topological polar surface area (TPSA) is 21.3 Å². The molecule has 2 heteroatoms. The molecule has 0 bridgehead atoms. The van der Waals surface area contributed by atoms with E-state index in [1.54, 1.807) is 0 Å². The van der Waals surface area contributed by atoms with E-state index in [2.05, 4.69) is 65.1 Å². The molecule has 0 aliphatic carbocycles. The number of rotatable bonds is 6. The number of likely N-dealkylation sites (N-methyl/N-ethyl adjacent to an activating group) is 1. The molecule has 0 saturated heterocycles. The summed E-state index contributed by atoms with van der Waals surface area (Å²) in [6, 6.07) is 6.47. The van der Waals surface area contributed by atoms with Gasteiger partial charge in [0.05, 0.1) is 0 Å². The predicted octanol–water partition coefficient (Wildman–Crippen LogP) is 3.89. The number of aryl methyl sites for hydroxylation is 1. The van der Waals surface area contributed by atoms with Gasteiger partial charge in [-0.3, -0.25) is 0 Å². The SMILES string of the molecule is CCNCC(C)(C)Oc1cc(C)ccc1C(C)C. The summed E-state index contributed by atoms with van der Waals surface area (Å²) in [5.41, 5.74) is 2.34. The van der Waals surface area contributed by atoms with Gasteiger partial charge in [-0.1, -0.05) is 32.9 Å². The summed E-state index contributed by atoms with van der Waals surface area (Å²) < 4.78 is 6.21. The largest absolute Gasteiger partial charge is 0.486 e. The molecule has 0 aromatic heterocycles. The molecule has 0 heterocycles. The van der Waals surface area contributed by atoms with Gasteiger partial charge in [-0.25, -0.2) is 0 Å². The van der Waals surface area contributed by atoms with Gasteiger partial charge in [0.15, 0.2) is 0 Å². The van der Waals surface area contributed by atoms with Crippen LogP contribution in [0.1, 0.15) is 51.7 Å². The van der Waals surface area contributed by atoms with Gasteiger partial charge in [-0.15, -0.1) is 0 Å². The first kappa shape index (κ1) is 15.0. The van der Waals surface area contributed by atoms with E-state index in [9.17, 15) is 0 Å². The minimum absolute atomic E-state index is 0.187. The van der Waals surface area contributed by atoms with Crippen molar-refractivity contribution in [3.63, 3.8) is 0 Å². The molecule has 0 spiro atoms. The zero-order chi connectivity index (χ0) is 13.8. The lowest BCUT2D eigenvalue weighted by Gasteiger charge is -2.29. The van der Waals surface area contributed by atoms with Gasteiger partial charge in [0.2, 0.25) is 0 Å². The number of hydrogen-bond acceptors (Lipinski definition) is 2. The Labute approximate surface area is 112 Å². The first-order valence-electron chi connectivity index (χ1n) is 6.86. The lowest BCUT2D eigenvalue weighted by atomic mass is 10.00. The molecule has 0 fully saturated rings. The Morgan fingerprint density at radius 2 is 1.94 bits per heavy atom. The van der Waals surface area contributed by atoms with Gasteiger partial charge in [0.1, 0.15) is 11.4 Å². The van der Waals surface area contributed by atoms with Crippen LogP contribution in [0.15, 0.2) is 18.2 Å². The lowest BCUT2D eigenvalue weighted by molar-refractivity contribution is 0.107. The Morgan fingerprint density at radius 1 is 1.28 bits per heavy atom. The van der Waals surface area contributed by atoms with Crippen LogP contribution < -0.4 is 10.1 Å². The molecule has 0 aliphatic heterocycles. The molecule has 0 unspecified atom stereocenters. The zero-order valence-corrected chi connectivity index (χ0v) is 12.6. The summed E-state index contributed by atoms with van der Waals surface area (Å²) in [5.74, 6) is 1.50. The summed E-state index contributed by atoms with van der Waals surface area (Å²) in [4.78, 5) is 0. The second kappa shape index (κ2) is 6.24. The number of ether oxygens (including phenoxy) is 1. The van der Waals surface area contributed by atoms with Gasteiger partial charge in [0, 0.05) is 6.54 Å². The highest BCUT2D eigenvalue weighted by Crippen LogP contribution is 2.30. The third-order valence-corrected chi connectivity index (χ3v) is 2.98. The van der Waals surface area contributed by atoms with E-state index in [0.29, 0.717) is 5.92 Å². The molecule has 0 saturated carbocycles. The maximum Gasteiger partial charge on any atom is 0.123 e. The number of nitrogens with one attached hydrogen (secondary N) is 1. The molecule has 0 atom stereocenters. The maximum absolute atomic E-state index is 6.21. The quantitative estimate of drug-likeness (QED) is 0.826. The van der Waals surface area contributed by atoms with E-state index in [0.717, 1.165) is 18.8 Å². The van der Waals surface area contributed by atoms with Crippen LogP contribution in [-0.2, 0) is 0 Å². The Balaban J connectivity index is 2.91. The Morgan fingerprint density at radius 3 is 2.50 bits per heavy atom. The smallest absolute Gasteiger partial charge is 0.123 e. The van der Waals surface area contributed by atoms with E-state index in [4.69, 9.17) is 4.74 Å². The van der Waals surface area contributed by atoms with Crippen molar-refractivity contribution in [3.05, 3.63) is 29.3 Å². The third-order valence-electron chi connectivity index (χ3n) is 2.98. The van der Waals surface area contributed by atoms with Gasteiger partial charge in [-0.2, -0.15) is 0 Å². The Hall–Kier alpha value is -1.02. The summed E-state index contributed by atoms with van der Waals surface area (Å²) in [5, 5.41) is 3.35. The molecule has 102 valence electrons. The van der Waals surface area contributed by atoms with Crippen LogP contribution in [0.25, 0.3) is 0 Å². The minimum Gasteiger partial charge on any atom is -0.486 e. The van der Waals surface area contributed by atoms with Crippen molar-refractivity contribution in [3.8, 4) is 5.75 Å². The highest BCUT2D eigenvalue weighted by Gasteiger charge is 2.21. The standard InChI is InChI=1S/C16H27NO/c1-7-17-11-16(5,6)18-15-10-13(4)8-9-14(15)12(2)3/h8-10,12,17H,7,11H2,1-6H3. The maximum atomic E-state index is 6.21. The molecule has 1 rings (SSSR count). The van der Waals surface area contributed by atoms with Crippen molar-refractivity contribution in [1.82, 2.24) is 5.32 Å². The monoisotopic (exact) mass is 249 g/mol. The molecule has 1 aromatic carbocycles. The van der Waals surface area contributed by atoms with Crippen molar-refractivity contribution >= 4 is 0 Å². The first-order chi connectivity index (χ1) is 8.35. The fraction of sp³-hybridized carbons (Fsp3) is 0.625. The van der Waals surface area contributed by atoms with E-state index < -0.39 is 0 Å². The van der Waals surface area contributed by atoms with Crippen molar-refractivity contribution in [2.45, 2.75) is 53.1 Å². The summed E-state index contributed by atoms with van der Waals surface area (Å²) in [6.45, 7) is 14.7. The van der Waals surface area contributed by atoms with Crippen molar-refractivity contribution in [2.24, 2.45) is 0 Å². The van der Waals surface area contributed by atoms with E-state index in [-0.39, 0.29) is 5.60 Å². The Kier molecular flexibility index (Phi) is 5.21. The molecule has 1 N–H and O–H groups in total. The second-order valence-corrected chi connectivity index (χ2v) is 5.84. The first-order valence-corrected chi connectivity index (χ1v) is 6.86.